The molecule has 0 aromatic heterocycles. The van der Waals surface area contributed by atoms with Crippen LogP contribution in [-0.4, -0.2) is 43.6 Å². The highest BCUT2D eigenvalue weighted by molar-refractivity contribution is 5.89. The number of halogens is 1. The van der Waals surface area contributed by atoms with Crippen molar-refractivity contribution in [3.63, 3.8) is 0 Å². The van der Waals surface area contributed by atoms with Gasteiger partial charge >= 0.3 is 6.03 Å². The van der Waals surface area contributed by atoms with Crippen LogP contribution >= 0.6 is 0 Å². The fraction of sp³-hybridized carbons (Fsp3) is 0.417. The van der Waals surface area contributed by atoms with Crippen LogP contribution in [0.2, 0.25) is 0 Å². The molecule has 2 aromatic rings. The molecule has 1 aliphatic heterocycles. The van der Waals surface area contributed by atoms with Crippen LogP contribution in [0.1, 0.15) is 31.2 Å². The molecule has 3 amide bonds. The number of carbonyl (C=O) groups is 2. The van der Waals surface area contributed by atoms with E-state index in [1.165, 1.54) is 17.7 Å². The maximum atomic E-state index is 13.2. The average molecular weight is 428 g/mol. The predicted octanol–water partition coefficient (Wildman–Crippen LogP) is 4.22. The van der Waals surface area contributed by atoms with E-state index in [0.29, 0.717) is 25.2 Å². The molecular formula is C24H30FN3O3. The van der Waals surface area contributed by atoms with Gasteiger partial charge in [-0.25, -0.2) is 9.18 Å². The van der Waals surface area contributed by atoms with Gasteiger partial charge in [-0.15, -0.1) is 0 Å². The first-order chi connectivity index (χ1) is 15.0. The van der Waals surface area contributed by atoms with Gasteiger partial charge < -0.3 is 20.3 Å². The number of ether oxygens (including phenoxy) is 1. The molecule has 0 radical (unpaired) electrons. The third-order valence-electron chi connectivity index (χ3n) is 5.52. The van der Waals surface area contributed by atoms with Gasteiger partial charge in [0.1, 0.15) is 11.6 Å². The minimum Gasteiger partial charge on any atom is -0.497 e. The van der Waals surface area contributed by atoms with Gasteiger partial charge in [0.2, 0.25) is 5.91 Å². The SMILES string of the molecule is COc1ccc(CCCC(=O)N2CCCC(CNC(=O)Nc3cccc(F)c3)C2)cc1. The lowest BCUT2D eigenvalue weighted by atomic mass is 9.97. The van der Waals surface area contributed by atoms with Gasteiger partial charge in [-0.1, -0.05) is 18.2 Å². The largest absolute Gasteiger partial charge is 0.497 e. The zero-order valence-electron chi connectivity index (χ0n) is 17.9. The Morgan fingerprint density at radius 3 is 2.74 bits per heavy atom. The van der Waals surface area contributed by atoms with Crippen molar-refractivity contribution in [3.05, 3.63) is 59.9 Å². The lowest BCUT2D eigenvalue weighted by Gasteiger charge is -2.33. The summed E-state index contributed by atoms with van der Waals surface area (Å²) in [5.41, 5.74) is 1.61. The molecule has 0 bridgehead atoms. The molecule has 166 valence electrons. The van der Waals surface area contributed by atoms with E-state index in [4.69, 9.17) is 4.74 Å². The Morgan fingerprint density at radius 2 is 2.00 bits per heavy atom. The summed E-state index contributed by atoms with van der Waals surface area (Å²) in [5.74, 6) is 0.823. The topological polar surface area (TPSA) is 70.7 Å². The van der Waals surface area contributed by atoms with Crippen LogP contribution in [0.15, 0.2) is 48.5 Å². The summed E-state index contributed by atoms with van der Waals surface area (Å²) < 4.78 is 18.4. The van der Waals surface area contributed by atoms with Crippen LogP contribution in [0.4, 0.5) is 14.9 Å². The molecule has 2 N–H and O–H groups in total. The van der Waals surface area contributed by atoms with Crippen molar-refractivity contribution in [1.82, 2.24) is 10.2 Å². The van der Waals surface area contributed by atoms with Crippen molar-refractivity contribution >= 4 is 17.6 Å². The number of aryl methyl sites for hydroxylation is 1. The highest BCUT2D eigenvalue weighted by Gasteiger charge is 2.23. The van der Waals surface area contributed by atoms with Crippen molar-refractivity contribution in [2.75, 3.05) is 32.1 Å². The number of carbonyl (C=O) groups excluding carboxylic acids is 2. The monoisotopic (exact) mass is 427 g/mol. The van der Waals surface area contributed by atoms with Crippen LogP contribution in [0.25, 0.3) is 0 Å². The third kappa shape index (κ3) is 7.27. The van der Waals surface area contributed by atoms with Gasteiger partial charge in [0.05, 0.1) is 7.11 Å². The number of rotatable bonds is 8. The molecule has 0 saturated carbocycles. The molecule has 1 fully saturated rings. The predicted molar refractivity (Wildman–Crippen MR) is 119 cm³/mol. The third-order valence-corrected chi connectivity index (χ3v) is 5.52. The fourth-order valence-corrected chi connectivity index (χ4v) is 3.83. The second kappa shape index (κ2) is 11.3. The zero-order chi connectivity index (χ0) is 22.1. The van der Waals surface area contributed by atoms with Crippen molar-refractivity contribution < 1.29 is 18.7 Å². The van der Waals surface area contributed by atoms with E-state index in [0.717, 1.165) is 38.0 Å². The van der Waals surface area contributed by atoms with Gasteiger partial charge in [0.15, 0.2) is 0 Å². The molecule has 1 unspecified atom stereocenters. The normalized spacial score (nSPS) is 15.9. The summed E-state index contributed by atoms with van der Waals surface area (Å²) in [6.07, 6.45) is 4.08. The van der Waals surface area contributed by atoms with Crippen LogP contribution in [0.3, 0.4) is 0 Å². The molecule has 3 rings (SSSR count). The Balaban J connectivity index is 1.37. The van der Waals surface area contributed by atoms with Gasteiger partial charge in [-0.3, -0.25) is 4.79 Å². The van der Waals surface area contributed by atoms with E-state index >= 15 is 0 Å². The second-order valence-electron chi connectivity index (χ2n) is 7.90. The van der Waals surface area contributed by atoms with Gasteiger partial charge in [-0.05, 0) is 67.5 Å². The number of urea groups is 1. The first-order valence-corrected chi connectivity index (χ1v) is 10.7. The number of likely N-dealkylation sites (tertiary alicyclic amines) is 1. The van der Waals surface area contributed by atoms with E-state index in [1.807, 2.05) is 29.2 Å². The van der Waals surface area contributed by atoms with Crippen LogP contribution in [0.5, 0.6) is 5.75 Å². The minimum atomic E-state index is -0.397. The summed E-state index contributed by atoms with van der Waals surface area (Å²) in [6, 6.07) is 13.3. The molecule has 0 aliphatic carbocycles. The standard InChI is InChI=1S/C24H30FN3O3/c1-31-22-12-10-18(11-13-22)5-2-9-23(29)28-14-4-6-19(17-28)16-26-24(30)27-21-8-3-7-20(25)15-21/h3,7-8,10-13,15,19H,2,4-6,9,14,16-17H2,1H3,(H2,26,27,30). The maximum Gasteiger partial charge on any atom is 0.319 e. The summed E-state index contributed by atoms with van der Waals surface area (Å²) in [7, 11) is 1.64. The fourth-order valence-electron chi connectivity index (χ4n) is 3.83. The number of nitrogens with zero attached hydrogens (tertiary/aromatic N) is 1. The number of hydrogen-bond donors (Lipinski definition) is 2. The van der Waals surface area contributed by atoms with Gasteiger partial charge in [0.25, 0.3) is 0 Å². The molecule has 6 nitrogen and oxygen atoms in total. The maximum absolute atomic E-state index is 13.2. The lowest BCUT2D eigenvalue weighted by molar-refractivity contribution is -0.133. The number of benzene rings is 2. The van der Waals surface area contributed by atoms with Crippen LogP contribution in [-0.2, 0) is 11.2 Å². The van der Waals surface area contributed by atoms with Crippen molar-refractivity contribution in [1.29, 1.82) is 0 Å². The Kier molecular flexibility index (Phi) is 8.27. The Bertz CT molecular complexity index is 873. The highest BCUT2D eigenvalue weighted by Crippen LogP contribution is 2.18. The van der Waals surface area contributed by atoms with E-state index in [9.17, 15) is 14.0 Å². The Hall–Kier alpha value is -3.09. The average Bonchev–Trinajstić information content (AvgIpc) is 2.78. The number of hydrogen-bond acceptors (Lipinski definition) is 3. The smallest absolute Gasteiger partial charge is 0.319 e. The van der Waals surface area contributed by atoms with E-state index in [2.05, 4.69) is 10.6 Å². The van der Waals surface area contributed by atoms with E-state index in [-0.39, 0.29) is 17.9 Å². The lowest BCUT2D eigenvalue weighted by Crippen LogP contribution is -2.44. The Morgan fingerprint density at radius 1 is 1.19 bits per heavy atom. The molecule has 7 heteroatoms. The van der Waals surface area contributed by atoms with E-state index in [1.54, 1.807) is 19.2 Å². The van der Waals surface area contributed by atoms with Gasteiger partial charge in [-0.2, -0.15) is 0 Å². The number of methoxy groups -OCH3 is 1. The number of piperidine rings is 1. The summed E-state index contributed by atoms with van der Waals surface area (Å²) >= 11 is 0. The zero-order valence-corrected chi connectivity index (χ0v) is 17.9. The molecule has 1 aliphatic rings. The van der Waals surface area contributed by atoms with Crippen molar-refractivity contribution in [2.24, 2.45) is 5.92 Å². The van der Waals surface area contributed by atoms with Crippen molar-refractivity contribution in [3.8, 4) is 5.75 Å². The Labute approximate surface area is 182 Å². The molecule has 0 spiro atoms. The molecule has 1 atom stereocenters. The summed E-state index contributed by atoms with van der Waals surface area (Å²) in [5, 5.41) is 5.46. The number of amides is 3. The first kappa shape index (κ1) is 22.6. The van der Waals surface area contributed by atoms with Crippen LogP contribution in [0, 0.1) is 11.7 Å². The number of anilines is 1. The number of nitrogens with one attached hydrogen (secondary N) is 2. The first-order valence-electron chi connectivity index (χ1n) is 10.7. The molecule has 2 aromatic carbocycles. The molecule has 1 heterocycles. The van der Waals surface area contributed by atoms with E-state index < -0.39 is 5.82 Å². The minimum absolute atomic E-state index is 0.169. The second-order valence-corrected chi connectivity index (χ2v) is 7.90. The highest BCUT2D eigenvalue weighted by atomic mass is 19.1. The van der Waals surface area contributed by atoms with Crippen LogP contribution < -0.4 is 15.4 Å². The summed E-state index contributed by atoms with van der Waals surface area (Å²) in [6.45, 7) is 1.91. The molecule has 1 saturated heterocycles. The molecular weight excluding hydrogens is 397 g/mol. The molecule has 31 heavy (non-hydrogen) atoms. The quantitative estimate of drug-likeness (QED) is 0.663. The van der Waals surface area contributed by atoms with Crippen molar-refractivity contribution in [2.45, 2.75) is 32.1 Å². The summed E-state index contributed by atoms with van der Waals surface area (Å²) in [4.78, 5) is 26.6. The van der Waals surface area contributed by atoms with Gasteiger partial charge in [0, 0.05) is 31.7 Å².